The molecule has 1 unspecified atom stereocenters. The highest BCUT2D eigenvalue weighted by atomic mass is 19.1. The molecule has 1 aliphatic rings. The van der Waals surface area contributed by atoms with E-state index in [0.29, 0.717) is 13.0 Å². The first-order chi connectivity index (χ1) is 6.27. The molecule has 3 heteroatoms. The van der Waals surface area contributed by atoms with Crippen LogP contribution in [-0.4, -0.2) is 29.6 Å². The van der Waals surface area contributed by atoms with E-state index in [1.54, 1.807) is 6.20 Å². The van der Waals surface area contributed by atoms with Crippen LogP contribution in [0.4, 0.5) is 4.39 Å². The zero-order valence-corrected chi connectivity index (χ0v) is 7.65. The summed E-state index contributed by atoms with van der Waals surface area (Å²) in [6.07, 6.45) is 3.47. The number of likely N-dealkylation sites (tertiary alicyclic amines) is 1. The van der Waals surface area contributed by atoms with Gasteiger partial charge >= 0.3 is 0 Å². The van der Waals surface area contributed by atoms with Gasteiger partial charge in [0.15, 0.2) is 0 Å². The monoisotopic (exact) mass is 180 g/mol. The zero-order chi connectivity index (χ0) is 9.26. The minimum Gasteiger partial charge on any atom is -0.296 e. The Balaban J connectivity index is 2.18. The van der Waals surface area contributed by atoms with E-state index in [2.05, 4.69) is 4.98 Å². The molecule has 2 nitrogen and oxygen atoms in total. The lowest BCUT2D eigenvalue weighted by Crippen LogP contribution is -2.18. The average molecular weight is 180 g/mol. The molecule has 0 aromatic carbocycles. The highest BCUT2D eigenvalue weighted by Crippen LogP contribution is 2.31. The summed E-state index contributed by atoms with van der Waals surface area (Å²) in [5.41, 5.74) is 1.12. The zero-order valence-electron chi connectivity index (χ0n) is 7.65. The molecule has 1 saturated heterocycles. The molecular weight excluding hydrogens is 167 g/mol. The van der Waals surface area contributed by atoms with Gasteiger partial charge in [-0.15, -0.1) is 0 Å². The Morgan fingerprint density at radius 1 is 1.62 bits per heavy atom. The van der Waals surface area contributed by atoms with Crippen LogP contribution in [-0.2, 0) is 0 Å². The Kier molecular flexibility index (Phi) is 2.27. The van der Waals surface area contributed by atoms with Gasteiger partial charge in [0, 0.05) is 25.0 Å². The second-order valence-electron chi connectivity index (χ2n) is 3.57. The SMILES string of the molecule is CN1CC(F)C[C@H]1c1cccnc1. The van der Waals surface area contributed by atoms with Gasteiger partial charge in [0.05, 0.1) is 0 Å². The summed E-state index contributed by atoms with van der Waals surface area (Å²) in [4.78, 5) is 6.08. The normalized spacial score (nSPS) is 29.4. The van der Waals surface area contributed by atoms with Gasteiger partial charge in [-0.05, 0) is 25.1 Å². The third-order valence-corrected chi connectivity index (χ3v) is 2.57. The third-order valence-electron chi connectivity index (χ3n) is 2.57. The van der Waals surface area contributed by atoms with Gasteiger partial charge in [0.1, 0.15) is 6.17 Å². The van der Waals surface area contributed by atoms with E-state index >= 15 is 0 Å². The largest absolute Gasteiger partial charge is 0.296 e. The van der Waals surface area contributed by atoms with Gasteiger partial charge in [-0.1, -0.05) is 6.07 Å². The Bertz CT molecular complexity index is 276. The highest BCUT2D eigenvalue weighted by Gasteiger charge is 2.30. The van der Waals surface area contributed by atoms with Gasteiger partial charge in [0.2, 0.25) is 0 Å². The summed E-state index contributed by atoms with van der Waals surface area (Å²) in [6, 6.07) is 4.12. The lowest BCUT2D eigenvalue weighted by molar-refractivity contribution is 0.297. The molecular formula is C10H13FN2. The summed E-state index contributed by atoms with van der Waals surface area (Å²) in [7, 11) is 1.96. The van der Waals surface area contributed by atoms with Crippen molar-refractivity contribution in [2.24, 2.45) is 0 Å². The van der Waals surface area contributed by atoms with Crippen molar-refractivity contribution in [3.63, 3.8) is 0 Å². The van der Waals surface area contributed by atoms with Gasteiger partial charge in [0.25, 0.3) is 0 Å². The van der Waals surface area contributed by atoms with Crippen LogP contribution < -0.4 is 0 Å². The first-order valence-corrected chi connectivity index (χ1v) is 4.51. The minimum absolute atomic E-state index is 0.212. The van der Waals surface area contributed by atoms with E-state index in [1.165, 1.54) is 0 Å². The number of halogens is 1. The van der Waals surface area contributed by atoms with E-state index in [9.17, 15) is 4.39 Å². The Morgan fingerprint density at radius 3 is 3.00 bits per heavy atom. The van der Waals surface area contributed by atoms with Crippen LogP contribution in [0, 0.1) is 0 Å². The molecule has 2 heterocycles. The Hall–Kier alpha value is -0.960. The van der Waals surface area contributed by atoms with Crippen LogP contribution in [0.3, 0.4) is 0 Å². The fraction of sp³-hybridized carbons (Fsp3) is 0.500. The number of pyridine rings is 1. The van der Waals surface area contributed by atoms with Crippen LogP contribution in [0.1, 0.15) is 18.0 Å². The molecule has 13 heavy (non-hydrogen) atoms. The van der Waals surface area contributed by atoms with E-state index < -0.39 is 6.17 Å². The molecule has 0 bridgehead atoms. The van der Waals surface area contributed by atoms with Gasteiger partial charge in [-0.25, -0.2) is 4.39 Å². The summed E-state index contributed by atoms with van der Waals surface area (Å²) < 4.78 is 13.0. The number of alkyl halides is 1. The first kappa shape index (κ1) is 8.63. The molecule has 2 rings (SSSR count). The maximum absolute atomic E-state index is 13.0. The standard InChI is InChI=1S/C10H13FN2/c1-13-7-9(11)5-10(13)8-3-2-4-12-6-8/h2-4,6,9-10H,5,7H2,1H3/t9?,10-/m0/s1. The second kappa shape index (κ2) is 3.42. The van der Waals surface area contributed by atoms with Crippen molar-refractivity contribution in [3.05, 3.63) is 30.1 Å². The molecule has 0 saturated carbocycles. The van der Waals surface area contributed by atoms with Gasteiger partial charge in [-0.3, -0.25) is 9.88 Å². The molecule has 1 fully saturated rings. The van der Waals surface area contributed by atoms with Crippen molar-refractivity contribution < 1.29 is 4.39 Å². The predicted octanol–water partition coefficient (Wildman–Crippen LogP) is 1.80. The first-order valence-electron chi connectivity index (χ1n) is 4.51. The van der Waals surface area contributed by atoms with Crippen molar-refractivity contribution in [2.75, 3.05) is 13.6 Å². The van der Waals surface area contributed by atoms with E-state index in [4.69, 9.17) is 0 Å². The molecule has 1 aliphatic heterocycles. The Morgan fingerprint density at radius 2 is 2.46 bits per heavy atom. The summed E-state index contributed by atoms with van der Waals surface area (Å²) in [5, 5.41) is 0. The maximum atomic E-state index is 13.0. The number of hydrogen-bond donors (Lipinski definition) is 0. The fourth-order valence-corrected chi connectivity index (χ4v) is 1.90. The van der Waals surface area contributed by atoms with E-state index in [1.807, 2.05) is 30.3 Å². The van der Waals surface area contributed by atoms with Gasteiger partial charge < -0.3 is 0 Å². The number of aromatic nitrogens is 1. The summed E-state index contributed by atoms with van der Waals surface area (Å²) >= 11 is 0. The van der Waals surface area contributed by atoms with Crippen molar-refractivity contribution in [3.8, 4) is 0 Å². The predicted molar refractivity (Wildman–Crippen MR) is 49.1 cm³/mol. The van der Waals surface area contributed by atoms with Crippen LogP contribution in [0.15, 0.2) is 24.5 Å². The number of hydrogen-bond acceptors (Lipinski definition) is 2. The quantitative estimate of drug-likeness (QED) is 0.655. The van der Waals surface area contributed by atoms with Crippen molar-refractivity contribution in [1.29, 1.82) is 0 Å². The van der Waals surface area contributed by atoms with Crippen molar-refractivity contribution in [1.82, 2.24) is 9.88 Å². The Labute approximate surface area is 77.4 Å². The molecule has 0 spiro atoms. The molecule has 0 amide bonds. The molecule has 0 aliphatic carbocycles. The van der Waals surface area contributed by atoms with E-state index in [-0.39, 0.29) is 6.04 Å². The topological polar surface area (TPSA) is 16.1 Å². The molecule has 1 aromatic heterocycles. The number of rotatable bonds is 1. The molecule has 70 valence electrons. The second-order valence-corrected chi connectivity index (χ2v) is 3.57. The van der Waals surface area contributed by atoms with Crippen molar-refractivity contribution >= 4 is 0 Å². The van der Waals surface area contributed by atoms with Crippen LogP contribution in [0.25, 0.3) is 0 Å². The van der Waals surface area contributed by atoms with E-state index in [0.717, 1.165) is 5.56 Å². The van der Waals surface area contributed by atoms with Crippen LogP contribution >= 0.6 is 0 Å². The summed E-state index contributed by atoms with van der Waals surface area (Å²) in [5.74, 6) is 0. The summed E-state index contributed by atoms with van der Waals surface area (Å²) in [6.45, 7) is 0.541. The smallest absolute Gasteiger partial charge is 0.115 e. The van der Waals surface area contributed by atoms with Crippen LogP contribution in [0.5, 0.6) is 0 Å². The third kappa shape index (κ3) is 1.70. The van der Waals surface area contributed by atoms with Gasteiger partial charge in [-0.2, -0.15) is 0 Å². The maximum Gasteiger partial charge on any atom is 0.115 e. The fourth-order valence-electron chi connectivity index (χ4n) is 1.90. The highest BCUT2D eigenvalue weighted by molar-refractivity contribution is 5.15. The minimum atomic E-state index is -0.685. The molecule has 2 atom stereocenters. The average Bonchev–Trinajstić information content (AvgIpc) is 2.47. The molecule has 0 radical (unpaired) electrons. The van der Waals surface area contributed by atoms with Crippen LogP contribution in [0.2, 0.25) is 0 Å². The lowest BCUT2D eigenvalue weighted by Gasteiger charge is -2.18. The molecule has 0 N–H and O–H groups in total. The lowest BCUT2D eigenvalue weighted by atomic mass is 10.1. The van der Waals surface area contributed by atoms with Crippen molar-refractivity contribution in [2.45, 2.75) is 18.6 Å². The number of nitrogens with zero attached hydrogens (tertiary/aromatic N) is 2. The molecule has 1 aromatic rings.